The molecule has 3 amide bonds. The van der Waals surface area contributed by atoms with E-state index in [1.165, 1.54) is 16.7 Å². The number of rotatable bonds is 8. The number of carbonyl (C=O) groups is 2. The van der Waals surface area contributed by atoms with Crippen molar-refractivity contribution in [1.29, 1.82) is 0 Å². The lowest BCUT2D eigenvalue weighted by Crippen LogP contribution is -2.41. The third kappa shape index (κ3) is 7.00. The van der Waals surface area contributed by atoms with E-state index in [1.54, 1.807) is 6.07 Å². The van der Waals surface area contributed by atoms with E-state index in [0.29, 0.717) is 29.4 Å². The highest BCUT2D eigenvalue weighted by atomic mass is 16.5. The van der Waals surface area contributed by atoms with Crippen molar-refractivity contribution in [3.8, 4) is 0 Å². The Hall–Kier alpha value is -3.88. The van der Waals surface area contributed by atoms with E-state index in [4.69, 9.17) is 4.74 Å². The van der Waals surface area contributed by atoms with Gasteiger partial charge in [-0.25, -0.2) is 4.79 Å². The average molecular weight is 542 g/mol. The van der Waals surface area contributed by atoms with Crippen LogP contribution in [0.2, 0.25) is 0 Å². The van der Waals surface area contributed by atoms with E-state index in [9.17, 15) is 9.59 Å². The van der Waals surface area contributed by atoms with E-state index >= 15 is 0 Å². The van der Waals surface area contributed by atoms with Gasteiger partial charge >= 0.3 is 6.03 Å². The molecular weight excluding hydrogens is 502 g/mol. The van der Waals surface area contributed by atoms with Crippen molar-refractivity contribution in [1.82, 2.24) is 10.2 Å². The van der Waals surface area contributed by atoms with E-state index < -0.39 is 0 Å². The summed E-state index contributed by atoms with van der Waals surface area (Å²) in [6.45, 7) is 10.4. The van der Waals surface area contributed by atoms with Crippen LogP contribution in [0.3, 0.4) is 0 Å². The molecule has 0 aromatic heterocycles. The fraction of sp³-hybridized carbons (Fsp3) is 0.375. The molecule has 8 heteroatoms. The first-order valence-electron chi connectivity index (χ1n) is 14.2. The fourth-order valence-corrected chi connectivity index (χ4v) is 5.27. The van der Waals surface area contributed by atoms with Crippen LogP contribution in [-0.4, -0.2) is 62.8 Å². The molecule has 0 spiro atoms. The third-order valence-electron chi connectivity index (χ3n) is 7.62. The number of hydrogen-bond donors (Lipinski definition) is 3. The molecule has 8 nitrogen and oxygen atoms in total. The number of ether oxygens (including phenoxy) is 1. The minimum Gasteiger partial charge on any atom is -0.379 e. The summed E-state index contributed by atoms with van der Waals surface area (Å²) in [5.74, 6) is 0.281. The molecule has 0 radical (unpaired) electrons. The second-order valence-electron chi connectivity index (χ2n) is 10.7. The smallest absolute Gasteiger partial charge is 0.323 e. The topological polar surface area (TPSA) is 85.9 Å². The van der Waals surface area contributed by atoms with Crippen LogP contribution >= 0.6 is 0 Å². The van der Waals surface area contributed by atoms with Crippen molar-refractivity contribution in [3.05, 3.63) is 89.0 Å². The summed E-state index contributed by atoms with van der Waals surface area (Å²) in [5.41, 5.74) is 6.55. The van der Waals surface area contributed by atoms with Gasteiger partial charge in [0.2, 0.25) is 0 Å². The summed E-state index contributed by atoms with van der Waals surface area (Å²) < 4.78 is 5.43. The normalized spacial score (nSPS) is 15.4. The van der Waals surface area contributed by atoms with E-state index in [-0.39, 0.29) is 11.9 Å². The highest BCUT2D eigenvalue weighted by Gasteiger charge is 2.22. The number of nitrogens with zero attached hydrogens (tertiary/aromatic N) is 2. The molecule has 2 aliphatic rings. The first-order valence-corrected chi connectivity index (χ1v) is 14.2. The van der Waals surface area contributed by atoms with Gasteiger partial charge in [-0.1, -0.05) is 50.2 Å². The highest BCUT2D eigenvalue weighted by molar-refractivity contribution is 6.04. The molecule has 2 aliphatic heterocycles. The SMILES string of the molecule is CC(C)c1ccc(NC(=O)Nc2ccc(N3CCc4ccccc4C3)c(C(=O)NCCN3CCOCC3)c2)cc1. The quantitative estimate of drug-likeness (QED) is 0.370. The fourth-order valence-electron chi connectivity index (χ4n) is 5.27. The van der Waals surface area contributed by atoms with E-state index in [0.717, 1.165) is 58.0 Å². The Morgan fingerprint density at radius 3 is 2.33 bits per heavy atom. The second kappa shape index (κ2) is 13.0. The van der Waals surface area contributed by atoms with Crippen molar-refractivity contribution in [2.24, 2.45) is 0 Å². The zero-order valence-corrected chi connectivity index (χ0v) is 23.4. The summed E-state index contributed by atoms with van der Waals surface area (Å²) in [7, 11) is 0. The van der Waals surface area contributed by atoms with Gasteiger partial charge in [0.05, 0.1) is 18.8 Å². The molecule has 0 aliphatic carbocycles. The van der Waals surface area contributed by atoms with Crippen molar-refractivity contribution < 1.29 is 14.3 Å². The number of carbonyl (C=O) groups excluding carboxylic acids is 2. The van der Waals surface area contributed by atoms with Crippen LogP contribution in [0.1, 0.15) is 46.8 Å². The number of hydrogen-bond acceptors (Lipinski definition) is 5. The molecule has 0 unspecified atom stereocenters. The zero-order chi connectivity index (χ0) is 27.9. The molecule has 5 rings (SSSR count). The van der Waals surface area contributed by atoms with Crippen LogP contribution in [-0.2, 0) is 17.7 Å². The molecular formula is C32H39N5O3. The van der Waals surface area contributed by atoms with Crippen LogP contribution in [0, 0.1) is 0 Å². The van der Waals surface area contributed by atoms with Gasteiger partial charge in [0, 0.05) is 56.3 Å². The minimum atomic E-state index is -0.351. The molecule has 0 bridgehead atoms. The van der Waals surface area contributed by atoms with E-state index in [2.05, 4.69) is 63.9 Å². The number of urea groups is 1. The summed E-state index contributed by atoms with van der Waals surface area (Å²) in [6.07, 6.45) is 0.923. The summed E-state index contributed by atoms with van der Waals surface area (Å²) in [6, 6.07) is 21.5. The summed E-state index contributed by atoms with van der Waals surface area (Å²) in [5, 5.41) is 8.90. The maximum Gasteiger partial charge on any atom is 0.323 e. The number of morpholine rings is 1. The van der Waals surface area contributed by atoms with Crippen molar-refractivity contribution in [3.63, 3.8) is 0 Å². The molecule has 0 atom stereocenters. The van der Waals surface area contributed by atoms with Crippen LogP contribution in [0.5, 0.6) is 0 Å². The first kappa shape index (κ1) is 27.7. The van der Waals surface area contributed by atoms with Gasteiger partial charge < -0.3 is 25.6 Å². The minimum absolute atomic E-state index is 0.143. The Kier molecular flexibility index (Phi) is 8.98. The highest BCUT2D eigenvalue weighted by Crippen LogP contribution is 2.30. The van der Waals surface area contributed by atoms with Crippen LogP contribution in [0.25, 0.3) is 0 Å². The summed E-state index contributed by atoms with van der Waals surface area (Å²) >= 11 is 0. The van der Waals surface area contributed by atoms with Gasteiger partial charge in [-0.3, -0.25) is 9.69 Å². The lowest BCUT2D eigenvalue weighted by molar-refractivity contribution is 0.0383. The molecule has 3 N–H and O–H groups in total. The van der Waals surface area contributed by atoms with Crippen molar-refractivity contribution >= 4 is 29.0 Å². The lowest BCUT2D eigenvalue weighted by Gasteiger charge is -2.32. The molecule has 2 heterocycles. The zero-order valence-electron chi connectivity index (χ0n) is 23.4. The molecule has 3 aromatic carbocycles. The molecule has 0 saturated carbocycles. The Balaban J connectivity index is 1.30. The van der Waals surface area contributed by atoms with Crippen molar-refractivity contribution in [2.45, 2.75) is 32.7 Å². The standard InChI is InChI=1S/C32H39N5O3/c1-23(2)24-7-9-27(10-8-24)34-32(39)35-28-11-12-30(37-15-13-25-5-3-4-6-26(25)22-37)29(21-28)31(38)33-14-16-36-17-19-40-20-18-36/h3-12,21,23H,13-20,22H2,1-2H3,(H,33,38)(H2,34,35,39). The van der Waals surface area contributed by atoms with Gasteiger partial charge in [-0.15, -0.1) is 0 Å². The number of benzene rings is 3. The van der Waals surface area contributed by atoms with Gasteiger partial charge in [-0.2, -0.15) is 0 Å². The van der Waals surface area contributed by atoms with E-state index in [1.807, 2.05) is 36.4 Å². The third-order valence-corrected chi connectivity index (χ3v) is 7.62. The molecule has 3 aromatic rings. The number of anilines is 3. The Morgan fingerprint density at radius 2 is 1.57 bits per heavy atom. The van der Waals surface area contributed by atoms with Crippen LogP contribution in [0.15, 0.2) is 66.7 Å². The second-order valence-corrected chi connectivity index (χ2v) is 10.7. The predicted molar refractivity (Wildman–Crippen MR) is 160 cm³/mol. The van der Waals surface area contributed by atoms with Crippen LogP contribution < -0.4 is 20.9 Å². The molecule has 1 saturated heterocycles. The average Bonchev–Trinajstić information content (AvgIpc) is 2.97. The van der Waals surface area contributed by atoms with Gasteiger partial charge in [0.15, 0.2) is 0 Å². The number of amides is 3. The number of fused-ring (bicyclic) bond motifs is 1. The molecule has 210 valence electrons. The predicted octanol–water partition coefficient (Wildman–Crippen LogP) is 5.08. The maximum absolute atomic E-state index is 13.5. The summed E-state index contributed by atoms with van der Waals surface area (Å²) in [4.78, 5) is 30.8. The Labute approximate surface area is 236 Å². The van der Waals surface area contributed by atoms with Gasteiger partial charge in [0.1, 0.15) is 0 Å². The molecule has 40 heavy (non-hydrogen) atoms. The number of nitrogens with one attached hydrogen (secondary N) is 3. The van der Waals surface area contributed by atoms with Crippen molar-refractivity contribution in [2.75, 3.05) is 61.5 Å². The lowest BCUT2D eigenvalue weighted by atomic mass is 9.98. The largest absolute Gasteiger partial charge is 0.379 e. The maximum atomic E-state index is 13.5. The monoisotopic (exact) mass is 541 g/mol. The van der Waals surface area contributed by atoms with Gasteiger partial charge in [-0.05, 0) is 59.4 Å². The first-order chi connectivity index (χ1) is 19.5. The molecule has 1 fully saturated rings. The Bertz CT molecular complexity index is 1320. The van der Waals surface area contributed by atoms with Gasteiger partial charge in [0.25, 0.3) is 5.91 Å². The van der Waals surface area contributed by atoms with Crippen LogP contribution in [0.4, 0.5) is 21.9 Å². The Morgan fingerprint density at radius 1 is 0.875 bits per heavy atom.